The Morgan fingerprint density at radius 2 is 1.52 bits per heavy atom. The van der Waals surface area contributed by atoms with Crippen molar-refractivity contribution in [2.75, 3.05) is 5.32 Å². The zero-order valence-corrected chi connectivity index (χ0v) is 17.2. The predicted molar refractivity (Wildman–Crippen MR) is 120 cm³/mol. The third-order valence-electron chi connectivity index (χ3n) is 4.38. The minimum Gasteiger partial charge on any atom is -0.423 e. The van der Waals surface area contributed by atoms with Crippen LogP contribution in [0.1, 0.15) is 0 Å². The number of hydrogen-bond acceptors (Lipinski definition) is 5. The maximum atomic E-state index is 6.00. The highest BCUT2D eigenvalue weighted by Gasteiger charge is 2.09. The van der Waals surface area contributed by atoms with Gasteiger partial charge in [-0.2, -0.15) is 4.98 Å². The molecular weight excluding hydrogens is 425 g/mol. The van der Waals surface area contributed by atoms with Crippen molar-refractivity contribution in [2.45, 2.75) is 0 Å². The van der Waals surface area contributed by atoms with Crippen LogP contribution in [0.5, 0.6) is 0 Å². The van der Waals surface area contributed by atoms with Crippen molar-refractivity contribution >= 4 is 57.3 Å². The molecule has 0 unspecified atom stereocenters. The summed E-state index contributed by atoms with van der Waals surface area (Å²) in [7, 11) is 0. The number of oxazole rings is 1. The number of nitrogens with zero attached hydrogens (tertiary/aromatic N) is 2. The first-order valence-corrected chi connectivity index (χ1v) is 10.4. The summed E-state index contributed by atoms with van der Waals surface area (Å²) in [6.07, 6.45) is 0. The largest absolute Gasteiger partial charge is 0.423 e. The molecule has 1 N–H and O–H groups in total. The average molecular weight is 438 g/mol. The maximum Gasteiger partial charge on any atom is 0.300 e. The number of rotatable bonds is 4. The van der Waals surface area contributed by atoms with Crippen LogP contribution >= 0.6 is 34.5 Å². The first-order valence-electron chi connectivity index (χ1n) is 8.79. The lowest BCUT2D eigenvalue weighted by Crippen LogP contribution is -1.90. The van der Waals surface area contributed by atoms with E-state index < -0.39 is 0 Å². The molecule has 0 bridgehead atoms. The van der Waals surface area contributed by atoms with Gasteiger partial charge in [-0.3, -0.25) is 0 Å². The molecule has 0 radical (unpaired) electrons. The van der Waals surface area contributed by atoms with Crippen LogP contribution < -0.4 is 5.32 Å². The Labute approximate surface area is 180 Å². The Hall–Kier alpha value is -2.86. The zero-order valence-electron chi connectivity index (χ0n) is 14.9. The molecule has 0 saturated carbocycles. The van der Waals surface area contributed by atoms with E-state index in [1.807, 2.05) is 48.5 Å². The summed E-state index contributed by atoms with van der Waals surface area (Å²) in [6.45, 7) is 0. The van der Waals surface area contributed by atoms with Gasteiger partial charge in [0.25, 0.3) is 6.01 Å². The van der Waals surface area contributed by atoms with Gasteiger partial charge in [-0.1, -0.05) is 47.5 Å². The fraction of sp³-hybridized carbons (Fsp3) is 0. The molecule has 0 aliphatic rings. The Morgan fingerprint density at radius 3 is 2.31 bits per heavy atom. The van der Waals surface area contributed by atoms with Gasteiger partial charge in [0.2, 0.25) is 0 Å². The summed E-state index contributed by atoms with van der Waals surface area (Å²) < 4.78 is 5.70. The second-order valence-electron chi connectivity index (χ2n) is 6.38. The van der Waals surface area contributed by atoms with E-state index in [0.29, 0.717) is 22.1 Å². The molecule has 0 amide bonds. The molecule has 5 aromatic rings. The summed E-state index contributed by atoms with van der Waals surface area (Å²) in [5.41, 5.74) is 5.30. The molecule has 2 heterocycles. The normalized spacial score (nSPS) is 11.1. The number of benzene rings is 3. The van der Waals surface area contributed by atoms with E-state index >= 15 is 0 Å². The van der Waals surface area contributed by atoms with Crippen molar-refractivity contribution in [1.29, 1.82) is 0 Å². The molecule has 2 aromatic heterocycles. The minimum absolute atomic E-state index is 0.425. The van der Waals surface area contributed by atoms with E-state index in [2.05, 4.69) is 15.7 Å². The Morgan fingerprint density at radius 1 is 0.793 bits per heavy atom. The molecule has 5 rings (SSSR count). The predicted octanol–water partition coefficient (Wildman–Crippen LogP) is 7.67. The highest BCUT2D eigenvalue weighted by atomic mass is 35.5. The van der Waals surface area contributed by atoms with Gasteiger partial charge in [-0.25, -0.2) is 4.98 Å². The molecule has 0 fully saturated rings. The van der Waals surface area contributed by atoms with Gasteiger partial charge in [0.1, 0.15) is 10.5 Å². The number of hydrogen-bond donors (Lipinski definition) is 1. The topological polar surface area (TPSA) is 51.0 Å². The summed E-state index contributed by atoms with van der Waals surface area (Å²) in [4.78, 5) is 9.15. The first kappa shape index (κ1) is 18.2. The van der Waals surface area contributed by atoms with Crippen LogP contribution in [0.3, 0.4) is 0 Å². The molecular formula is C22H13Cl2N3OS. The number of halogens is 2. The monoisotopic (exact) mass is 437 g/mol. The van der Waals surface area contributed by atoms with Crippen molar-refractivity contribution < 1.29 is 4.42 Å². The number of aromatic nitrogens is 2. The van der Waals surface area contributed by atoms with Gasteiger partial charge in [0.15, 0.2) is 5.58 Å². The lowest BCUT2D eigenvalue weighted by molar-refractivity contribution is 0.623. The van der Waals surface area contributed by atoms with Crippen LogP contribution in [0.15, 0.2) is 76.5 Å². The molecule has 7 heteroatoms. The second kappa shape index (κ2) is 7.52. The molecule has 0 atom stereocenters. The number of thiazole rings is 1. The van der Waals surface area contributed by atoms with E-state index in [1.54, 1.807) is 29.5 Å². The van der Waals surface area contributed by atoms with Gasteiger partial charge < -0.3 is 9.73 Å². The van der Waals surface area contributed by atoms with Gasteiger partial charge >= 0.3 is 0 Å². The van der Waals surface area contributed by atoms with Gasteiger partial charge in [-0.05, 0) is 42.5 Å². The smallest absolute Gasteiger partial charge is 0.300 e. The first-order chi connectivity index (χ1) is 14.1. The summed E-state index contributed by atoms with van der Waals surface area (Å²) >= 11 is 13.6. The SMILES string of the molecule is Clc1ccc(-c2nc(-c3ccc(Nc4nc5cc(Cl)ccc5o4)cc3)cs2)cc1. The Balaban J connectivity index is 1.35. The van der Waals surface area contributed by atoms with Crippen molar-refractivity contribution in [3.63, 3.8) is 0 Å². The molecule has 0 spiro atoms. The van der Waals surface area contributed by atoms with Gasteiger partial charge in [0, 0.05) is 32.2 Å². The number of anilines is 2. The third-order valence-corrected chi connectivity index (χ3v) is 5.76. The van der Waals surface area contributed by atoms with Gasteiger partial charge in [0.05, 0.1) is 5.69 Å². The van der Waals surface area contributed by atoms with Crippen LogP contribution in [-0.4, -0.2) is 9.97 Å². The van der Waals surface area contributed by atoms with Crippen molar-refractivity contribution in [2.24, 2.45) is 0 Å². The van der Waals surface area contributed by atoms with Crippen LogP contribution in [0, 0.1) is 0 Å². The fourth-order valence-corrected chi connectivity index (χ4v) is 4.06. The highest BCUT2D eigenvalue weighted by molar-refractivity contribution is 7.13. The van der Waals surface area contributed by atoms with Crippen LogP contribution in [0.2, 0.25) is 10.0 Å². The van der Waals surface area contributed by atoms with Crippen molar-refractivity contribution in [1.82, 2.24) is 9.97 Å². The highest BCUT2D eigenvalue weighted by Crippen LogP contribution is 2.31. The molecule has 0 aliphatic heterocycles. The van der Waals surface area contributed by atoms with E-state index in [4.69, 9.17) is 32.6 Å². The second-order valence-corrected chi connectivity index (χ2v) is 8.11. The lowest BCUT2D eigenvalue weighted by atomic mass is 10.1. The Kier molecular flexibility index (Phi) is 4.72. The van der Waals surface area contributed by atoms with E-state index in [9.17, 15) is 0 Å². The molecule has 0 aliphatic carbocycles. The minimum atomic E-state index is 0.425. The molecule has 3 aromatic carbocycles. The quantitative estimate of drug-likeness (QED) is 0.313. The van der Waals surface area contributed by atoms with Crippen LogP contribution in [-0.2, 0) is 0 Å². The van der Waals surface area contributed by atoms with Crippen molar-refractivity contribution in [3.8, 4) is 21.8 Å². The van der Waals surface area contributed by atoms with E-state index in [-0.39, 0.29) is 0 Å². The van der Waals surface area contributed by atoms with Crippen LogP contribution in [0.25, 0.3) is 32.9 Å². The maximum absolute atomic E-state index is 6.00. The number of nitrogens with one attached hydrogen (secondary N) is 1. The average Bonchev–Trinajstić information content (AvgIpc) is 3.36. The summed E-state index contributed by atoms with van der Waals surface area (Å²) in [5.74, 6) is 0. The van der Waals surface area contributed by atoms with E-state index in [0.717, 1.165) is 32.5 Å². The molecule has 142 valence electrons. The van der Waals surface area contributed by atoms with E-state index in [1.165, 1.54) is 0 Å². The zero-order chi connectivity index (χ0) is 19.8. The molecule has 29 heavy (non-hydrogen) atoms. The molecule has 0 saturated heterocycles. The number of fused-ring (bicyclic) bond motifs is 1. The third kappa shape index (κ3) is 3.85. The summed E-state index contributed by atoms with van der Waals surface area (Å²) in [6, 6.07) is 21.5. The lowest BCUT2D eigenvalue weighted by Gasteiger charge is -2.03. The molecule has 4 nitrogen and oxygen atoms in total. The summed E-state index contributed by atoms with van der Waals surface area (Å²) in [5, 5.41) is 7.54. The van der Waals surface area contributed by atoms with Gasteiger partial charge in [-0.15, -0.1) is 11.3 Å². The van der Waals surface area contributed by atoms with Crippen molar-refractivity contribution in [3.05, 3.63) is 82.2 Å². The standard InChI is InChI=1S/C22H13Cl2N3OS/c23-15-5-1-14(2-6-15)21-26-19(12-29-21)13-3-8-17(9-4-13)25-22-27-18-11-16(24)7-10-20(18)28-22/h1-12H,(H,25,27). The Bertz CT molecular complexity index is 1290. The fourth-order valence-electron chi connectivity index (χ4n) is 2.93. The van der Waals surface area contributed by atoms with Crippen LogP contribution in [0.4, 0.5) is 11.7 Å².